The summed E-state index contributed by atoms with van der Waals surface area (Å²) in [7, 11) is 0. The summed E-state index contributed by atoms with van der Waals surface area (Å²) in [4.78, 5) is 15.0. The van der Waals surface area contributed by atoms with Crippen molar-refractivity contribution in [1.82, 2.24) is 4.90 Å². The van der Waals surface area contributed by atoms with Gasteiger partial charge in [-0.2, -0.15) is 13.2 Å². The zero-order chi connectivity index (χ0) is 26.6. The highest BCUT2D eigenvalue weighted by Crippen LogP contribution is 2.40. The Labute approximate surface area is 211 Å². The first-order chi connectivity index (χ1) is 17.7. The van der Waals surface area contributed by atoms with Crippen LogP contribution in [0.1, 0.15) is 11.3 Å². The Morgan fingerprint density at radius 1 is 0.919 bits per heavy atom. The Kier molecular flexibility index (Phi) is 7.50. The van der Waals surface area contributed by atoms with Gasteiger partial charge in [-0.1, -0.05) is 54.6 Å². The minimum absolute atomic E-state index is 0.00258. The molecule has 0 fully saturated rings. The molecule has 0 aliphatic carbocycles. The quantitative estimate of drug-likeness (QED) is 0.244. The SMILES string of the molecule is C=CCN(CC=C)Cc1c(O)ccc2c(=O)c(Oc3ccc(-c4ccccc4)cc3)c(C(F)(F)F)oc12. The zero-order valence-corrected chi connectivity index (χ0v) is 19.8. The number of nitrogens with zero attached hydrogens (tertiary/aromatic N) is 1. The highest BCUT2D eigenvalue weighted by molar-refractivity contribution is 5.83. The van der Waals surface area contributed by atoms with Crippen LogP contribution in [0.15, 0.2) is 101 Å². The second-order valence-electron chi connectivity index (χ2n) is 8.29. The molecule has 8 heteroatoms. The van der Waals surface area contributed by atoms with Crippen molar-refractivity contribution in [1.29, 1.82) is 0 Å². The van der Waals surface area contributed by atoms with Crippen molar-refractivity contribution in [3.05, 3.63) is 114 Å². The average molecular weight is 508 g/mol. The number of halogens is 3. The summed E-state index contributed by atoms with van der Waals surface area (Å²) in [5.74, 6) is -2.81. The molecule has 0 radical (unpaired) electrons. The van der Waals surface area contributed by atoms with E-state index in [0.717, 1.165) is 11.1 Å². The number of alkyl halides is 3. The molecule has 0 unspecified atom stereocenters. The molecule has 1 heterocycles. The molecule has 4 rings (SSSR count). The summed E-state index contributed by atoms with van der Waals surface area (Å²) < 4.78 is 53.0. The Balaban J connectivity index is 1.80. The van der Waals surface area contributed by atoms with Crippen molar-refractivity contribution < 1.29 is 27.4 Å². The lowest BCUT2D eigenvalue weighted by Gasteiger charge is -2.21. The molecule has 4 aromatic rings. The van der Waals surface area contributed by atoms with Crippen molar-refractivity contribution in [2.75, 3.05) is 13.1 Å². The van der Waals surface area contributed by atoms with E-state index in [1.807, 2.05) is 30.3 Å². The first-order valence-corrected chi connectivity index (χ1v) is 11.4. The van der Waals surface area contributed by atoms with E-state index in [1.165, 1.54) is 24.3 Å². The molecule has 0 spiro atoms. The van der Waals surface area contributed by atoms with Gasteiger partial charge in [-0.25, -0.2) is 0 Å². The first kappa shape index (κ1) is 25.8. The van der Waals surface area contributed by atoms with Crippen LogP contribution in [0.5, 0.6) is 17.2 Å². The highest BCUT2D eigenvalue weighted by atomic mass is 19.4. The molecule has 1 aromatic heterocycles. The van der Waals surface area contributed by atoms with Gasteiger partial charge in [0.05, 0.1) is 10.9 Å². The van der Waals surface area contributed by atoms with E-state index < -0.39 is 23.1 Å². The van der Waals surface area contributed by atoms with Gasteiger partial charge in [0.25, 0.3) is 5.76 Å². The molecule has 0 saturated carbocycles. The summed E-state index contributed by atoms with van der Waals surface area (Å²) in [6, 6.07) is 18.2. The van der Waals surface area contributed by atoms with Crippen LogP contribution in [0, 0.1) is 0 Å². The number of phenols is 1. The number of ether oxygens (including phenoxy) is 1. The summed E-state index contributed by atoms with van der Waals surface area (Å²) >= 11 is 0. The lowest BCUT2D eigenvalue weighted by atomic mass is 10.1. The van der Waals surface area contributed by atoms with Gasteiger partial charge in [-0.3, -0.25) is 9.69 Å². The molecule has 3 aromatic carbocycles. The van der Waals surface area contributed by atoms with Crippen molar-refractivity contribution in [2.24, 2.45) is 0 Å². The number of phenolic OH excluding ortho intramolecular Hbond substituents is 1. The number of rotatable bonds is 9. The maximum absolute atomic E-state index is 14.1. The molecule has 0 aliphatic heterocycles. The third-order valence-electron chi connectivity index (χ3n) is 5.69. The Morgan fingerprint density at radius 2 is 1.54 bits per heavy atom. The average Bonchev–Trinajstić information content (AvgIpc) is 2.87. The van der Waals surface area contributed by atoms with E-state index in [1.54, 1.807) is 29.2 Å². The van der Waals surface area contributed by atoms with Gasteiger partial charge in [-0.05, 0) is 35.4 Å². The Morgan fingerprint density at radius 3 is 2.14 bits per heavy atom. The molecular formula is C29H24F3NO4. The summed E-state index contributed by atoms with van der Waals surface area (Å²) in [5, 5.41) is 10.3. The van der Waals surface area contributed by atoms with Crippen molar-refractivity contribution in [2.45, 2.75) is 12.7 Å². The van der Waals surface area contributed by atoms with E-state index in [-0.39, 0.29) is 34.6 Å². The van der Waals surface area contributed by atoms with E-state index in [0.29, 0.717) is 13.1 Å². The maximum atomic E-state index is 14.1. The lowest BCUT2D eigenvalue weighted by molar-refractivity contribution is -0.154. The second kappa shape index (κ2) is 10.8. The largest absolute Gasteiger partial charge is 0.507 e. The standard InChI is InChI=1S/C29H24F3NO4/c1-3-16-33(17-4-2)18-23-24(34)15-14-22-25(35)27(28(29(30,31)32)37-26(22)23)36-21-12-10-20(11-13-21)19-8-6-5-7-9-19/h3-15,34H,1-2,16-18H2. The molecule has 190 valence electrons. The predicted octanol–water partition coefficient (Wildman–Crippen LogP) is 7.15. The smallest absolute Gasteiger partial charge is 0.453 e. The molecule has 37 heavy (non-hydrogen) atoms. The number of hydrogen-bond acceptors (Lipinski definition) is 5. The number of benzene rings is 3. The normalized spacial score (nSPS) is 11.6. The van der Waals surface area contributed by atoms with Gasteiger partial charge in [0.1, 0.15) is 17.1 Å². The minimum atomic E-state index is -5.03. The van der Waals surface area contributed by atoms with Crippen LogP contribution in [-0.2, 0) is 12.7 Å². The Hall–Kier alpha value is -4.30. The van der Waals surface area contributed by atoms with Gasteiger partial charge in [0, 0.05) is 19.6 Å². The first-order valence-electron chi connectivity index (χ1n) is 11.4. The van der Waals surface area contributed by atoms with Crippen LogP contribution in [0.25, 0.3) is 22.1 Å². The van der Waals surface area contributed by atoms with Crippen LogP contribution < -0.4 is 10.2 Å². The fraction of sp³-hybridized carbons (Fsp3) is 0.138. The van der Waals surface area contributed by atoms with Gasteiger partial charge >= 0.3 is 6.18 Å². The van der Waals surface area contributed by atoms with Gasteiger partial charge in [-0.15, -0.1) is 13.2 Å². The van der Waals surface area contributed by atoms with Gasteiger partial charge < -0.3 is 14.3 Å². The molecular weight excluding hydrogens is 483 g/mol. The van der Waals surface area contributed by atoms with Crippen LogP contribution in [0.4, 0.5) is 13.2 Å². The van der Waals surface area contributed by atoms with E-state index in [9.17, 15) is 23.1 Å². The Bertz CT molecular complexity index is 1470. The monoisotopic (exact) mass is 507 g/mol. The number of fused-ring (bicyclic) bond motifs is 1. The molecule has 1 N–H and O–H groups in total. The van der Waals surface area contributed by atoms with Crippen molar-refractivity contribution in [3.63, 3.8) is 0 Å². The number of aromatic hydroxyl groups is 1. The lowest BCUT2D eigenvalue weighted by Crippen LogP contribution is -2.24. The number of hydrogen-bond donors (Lipinski definition) is 1. The minimum Gasteiger partial charge on any atom is -0.507 e. The third kappa shape index (κ3) is 5.59. The van der Waals surface area contributed by atoms with Gasteiger partial charge in [0.2, 0.25) is 11.2 Å². The molecule has 5 nitrogen and oxygen atoms in total. The highest BCUT2D eigenvalue weighted by Gasteiger charge is 2.41. The predicted molar refractivity (Wildman–Crippen MR) is 137 cm³/mol. The molecule has 0 saturated heterocycles. The fourth-order valence-corrected chi connectivity index (χ4v) is 3.98. The summed E-state index contributed by atoms with van der Waals surface area (Å²) in [5.41, 5.74) is 0.438. The molecule has 0 amide bonds. The van der Waals surface area contributed by atoms with Crippen LogP contribution in [0.3, 0.4) is 0 Å². The topological polar surface area (TPSA) is 62.9 Å². The van der Waals surface area contributed by atoms with Crippen molar-refractivity contribution in [3.8, 4) is 28.4 Å². The van der Waals surface area contributed by atoms with E-state index in [4.69, 9.17) is 9.15 Å². The van der Waals surface area contributed by atoms with E-state index in [2.05, 4.69) is 13.2 Å². The zero-order valence-electron chi connectivity index (χ0n) is 19.8. The molecule has 0 atom stereocenters. The summed E-state index contributed by atoms with van der Waals surface area (Å²) in [6.45, 7) is 8.08. The molecule has 0 aliphatic rings. The van der Waals surface area contributed by atoms with Crippen LogP contribution >= 0.6 is 0 Å². The van der Waals surface area contributed by atoms with Gasteiger partial charge in [0.15, 0.2) is 0 Å². The molecule has 0 bridgehead atoms. The van der Waals surface area contributed by atoms with Crippen molar-refractivity contribution >= 4 is 11.0 Å². The van der Waals surface area contributed by atoms with Crippen LogP contribution in [0.2, 0.25) is 0 Å². The maximum Gasteiger partial charge on any atom is 0.453 e. The fourth-order valence-electron chi connectivity index (χ4n) is 3.98. The second-order valence-corrected chi connectivity index (χ2v) is 8.29. The third-order valence-corrected chi connectivity index (χ3v) is 5.69. The van der Waals surface area contributed by atoms with Crippen LogP contribution in [-0.4, -0.2) is 23.1 Å². The van der Waals surface area contributed by atoms with E-state index >= 15 is 0 Å². The summed E-state index contributed by atoms with van der Waals surface area (Å²) in [6.07, 6.45) is -1.81.